The fraction of sp³-hybridized carbons (Fsp3) is 0.600. The Kier molecular flexibility index (Phi) is 6.97. The summed E-state index contributed by atoms with van der Waals surface area (Å²) in [4.78, 5) is 2.21. The van der Waals surface area contributed by atoms with E-state index in [0.717, 1.165) is 44.7 Å². The number of nitrogens with one attached hydrogen (secondary N) is 1. The van der Waals surface area contributed by atoms with E-state index >= 15 is 0 Å². The first-order chi connectivity index (χ1) is 9.49. The molecule has 1 heterocycles. The molecule has 120 valence electrons. The molecule has 1 aliphatic heterocycles. The monoisotopic (exact) mass is 322 g/mol. The van der Waals surface area contributed by atoms with Crippen LogP contribution in [0.5, 0.6) is 0 Å². The van der Waals surface area contributed by atoms with Crippen LogP contribution >= 0.6 is 12.4 Å². The number of hydrogen-bond donors (Lipinski definition) is 1. The van der Waals surface area contributed by atoms with Gasteiger partial charge in [-0.05, 0) is 30.0 Å². The Labute approximate surface area is 130 Å². The van der Waals surface area contributed by atoms with Crippen molar-refractivity contribution in [3.05, 3.63) is 35.1 Å². The zero-order chi connectivity index (χ0) is 14.7. The molecule has 2 nitrogen and oxygen atoms in total. The Morgan fingerprint density at radius 2 is 1.62 bits per heavy atom. The van der Waals surface area contributed by atoms with Crippen LogP contribution in [-0.2, 0) is 0 Å². The molecule has 1 saturated heterocycles. The van der Waals surface area contributed by atoms with Crippen molar-refractivity contribution < 1.29 is 13.2 Å². The van der Waals surface area contributed by atoms with E-state index in [0.29, 0.717) is 11.5 Å². The van der Waals surface area contributed by atoms with Gasteiger partial charge in [-0.1, -0.05) is 13.8 Å². The minimum atomic E-state index is -1.39. The highest BCUT2D eigenvalue weighted by atomic mass is 35.5. The third kappa shape index (κ3) is 4.59. The number of benzene rings is 1. The fourth-order valence-corrected chi connectivity index (χ4v) is 2.70. The third-order valence-corrected chi connectivity index (χ3v) is 3.68. The molecule has 1 aromatic rings. The van der Waals surface area contributed by atoms with E-state index < -0.39 is 17.5 Å². The van der Waals surface area contributed by atoms with E-state index in [2.05, 4.69) is 24.1 Å². The Hall–Kier alpha value is -0.780. The summed E-state index contributed by atoms with van der Waals surface area (Å²) in [6, 6.07) is 2.20. The van der Waals surface area contributed by atoms with Crippen LogP contribution in [0.3, 0.4) is 0 Å². The molecule has 2 rings (SSSR count). The average molecular weight is 323 g/mol. The van der Waals surface area contributed by atoms with Crippen LogP contribution in [0.2, 0.25) is 0 Å². The van der Waals surface area contributed by atoms with Crippen molar-refractivity contribution in [2.75, 3.05) is 26.2 Å². The van der Waals surface area contributed by atoms with Gasteiger partial charge in [-0.2, -0.15) is 0 Å². The molecule has 1 fully saturated rings. The summed E-state index contributed by atoms with van der Waals surface area (Å²) in [6.45, 7) is 7.54. The summed E-state index contributed by atoms with van der Waals surface area (Å²) >= 11 is 0. The van der Waals surface area contributed by atoms with Gasteiger partial charge in [0, 0.05) is 32.2 Å². The maximum Gasteiger partial charge on any atom is 0.194 e. The molecule has 1 N–H and O–H groups in total. The highest BCUT2D eigenvalue weighted by Crippen LogP contribution is 2.30. The second-order valence-electron chi connectivity index (χ2n) is 5.73. The SMILES string of the molecule is CC(C)C[C@H](c1cc(F)c(F)c(F)c1)N1CCNCC1.Cl. The van der Waals surface area contributed by atoms with Crippen molar-refractivity contribution in [3.8, 4) is 0 Å². The highest BCUT2D eigenvalue weighted by molar-refractivity contribution is 5.85. The second-order valence-corrected chi connectivity index (χ2v) is 5.73. The lowest BCUT2D eigenvalue weighted by atomic mass is 9.94. The standard InChI is InChI=1S/C15H21F3N2.ClH/c1-10(2)7-14(20-5-3-19-4-6-20)11-8-12(16)15(18)13(17)9-11;/h8-10,14,19H,3-7H2,1-2H3;1H/t14-;/m1./s1. The normalized spacial score (nSPS) is 17.6. The van der Waals surface area contributed by atoms with Gasteiger partial charge in [-0.25, -0.2) is 13.2 Å². The topological polar surface area (TPSA) is 15.3 Å². The van der Waals surface area contributed by atoms with Crippen LogP contribution in [0.25, 0.3) is 0 Å². The smallest absolute Gasteiger partial charge is 0.194 e. The predicted molar refractivity (Wildman–Crippen MR) is 80.2 cm³/mol. The number of piperazine rings is 1. The first-order valence-electron chi connectivity index (χ1n) is 7.08. The van der Waals surface area contributed by atoms with Crippen LogP contribution in [0, 0.1) is 23.4 Å². The molecular formula is C15H22ClF3N2. The Balaban J connectivity index is 0.00000220. The molecule has 1 aliphatic rings. The summed E-state index contributed by atoms with van der Waals surface area (Å²) in [5, 5.41) is 3.26. The van der Waals surface area contributed by atoms with Crippen molar-refractivity contribution in [2.45, 2.75) is 26.3 Å². The van der Waals surface area contributed by atoms with Crippen LogP contribution in [0.15, 0.2) is 12.1 Å². The second kappa shape index (κ2) is 8.01. The van der Waals surface area contributed by atoms with Crippen LogP contribution in [0.1, 0.15) is 31.9 Å². The van der Waals surface area contributed by atoms with Crippen molar-refractivity contribution in [1.29, 1.82) is 0 Å². The molecular weight excluding hydrogens is 301 g/mol. The summed E-state index contributed by atoms with van der Waals surface area (Å²) in [7, 11) is 0. The molecule has 0 aliphatic carbocycles. The third-order valence-electron chi connectivity index (χ3n) is 3.68. The fourth-order valence-electron chi connectivity index (χ4n) is 2.70. The first kappa shape index (κ1) is 18.3. The van der Waals surface area contributed by atoms with E-state index in [1.54, 1.807) is 0 Å². The quantitative estimate of drug-likeness (QED) is 0.853. The maximum atomic E-state index is 13.5. The van der Waals surface area contributed by atoms with Gasteiger partial charge in [-0.3, -0.25) is 4.90 Å². The molecule has 6 heteroatoms. The van der Waals surface area contributed by atoms with E-state index in [1.807, 2.05) is 0 Å². The molecule has 0 unspecified atom stereocenters. The van der Waals surface area contributed by atoms with Gasteiger partial charge in [0.15, 0.2) is 17.5 Å². The van der Waals surface area contributed by atoms with Crippen LogP contribution in [0.4, 0.5) is 13.2 Å². The van der Waals surface area contributed by atoms with Crippen molar-refractivity contribution in [2.24, 2.45) is 5.92 Å². The molecule has 21 heavy (non-hydrogen) atoms. The molecule has 0 aromatic heterocycles. The largest absolute Gasteiger partial charge is 0.314 e. The minimum Gasteiger partial charge on any atom is -0.314 e. The number of hydrogen-bond acceptors (Lipinski definition) is 2. The first-order valence-corrected chi connectivity index (χ1v) is 7.08. The molecule has 0 spiro atoms. The molecule has 0 radical (unpaired) electrons. The van der Waals surface area contributed by atoms with E-state index in [9.17, 15) is 13.2 Å². The summed E-state index contributed by atoms with van der Waals surface area (Å²) in [5.74, 6) is -3.21. The number of nitrogens with zero attached hydrogens (tertiary/aromatic N) is 1. The highest BCUT2D eigenvalue weighted by Gasteiger charge is 2.25. The lowest BCUT2D eigenvalue weighted by Crippen LogP contribution is -2.45. The van der Waals surface area contributed by atoms with E-state index in [4.69, 9.17) is 0 Å². The van der Waals surface area contributed by atoms with Gasteiger partial charge >= 0.3 is 0 Å². The van der Waals surface area contributed by atoms with Gasteiger partial charge in [0.2, 0.25) is 0 Å². The number of rotatable bonds is 4. The van der Waals surface area contributed by atoms with Gasteiger partial charge < -0.3 is 5.32 Å². The maximum absolute atomic E-state index is 13.5. The molecule has 0 bridgehead atoms. The van der Waals surface area contributed by atoms with Crippen LogP contribution < -0.4 is 5.32 Å². The van der Waals surface area contributed by atoms with Crippen molar-refractivity contribution in [3.63, 3.8) is 0 Å². The zero-order valence-electron chi connectivity index (χ0n) is 12.3. The molecule has 1 aromatic carbocycles. The minimum absolute atomic E-state index is 0. The van der Waals surface area contributed by atoms with E-state index in [-0.39, 0.29) is 18.4 Å². The molecule has 0 saturated carbocycles. The van der Waals surface area contributed by atoms with Gasteiger partial charge in [0.1, 0.15) is 0 Å². The van der Waals surface area contributed by atoms with E-state index in [1.165, 1.54) is 0 Å². The van der Waals surface area contributed by atoms with Gasteiger partial charge in [-0.15, -0.1) is 12.4 Å². The molecule has 0 amide bonds. The number of halogens is 4. The Morgan fingerprint density at radius 1 is 1.10 bits per heavy atom. The average Bonchev–Trinajstić information content (AvgIpc) is 2.42. The Morgan fingerprint density at radius 3 is 2.10 bits per heavy atom. The zero-order valence-corrected chi connectivity index (χ0v) is 13.2. The van der Waals surface area contributed by atoms with Crippen LogP contribution in [-0.4, -0.2) is 31.1 Å². The summed E-state index contributed by atoms with van der Waals surface area (Å²) in [6.07, 6.45) is 0.796. The lowest BCUT2D eigenvalue weighted by molar-refractivity contribution is 0.153. The summed E-state index contributed by atoms with van der Waals surface area (Å²) < 4.78 is 40.0. The van der Waals surface area contributed by atoms with Gasteiger partial charge in [0.05, 0.1) is 0 Å². The molecule has 1 atom stereocenters. The van der Waals surface area contributed by atoms with Crippen molar-refractivity contribution in [1.82, 2.24) is 10.2 Å². The van der Waals surface area contributed by atoms with Gasteiger partial charge in [0.25, 0.3) is 0 Å². The Bertz CT molecular complexity index is 439. The lowest BCUT2D eigenvalue weighted by Gasteiger charge is -2.36. The predicted octanol–water partition coefficient (Wildman–Crippen LogP) is 3.52. The van der Waals surface area contributed by atoms with Crippen molar-refractivity contribution >= 4 is 12.4 Å². The summed E-state index contributed by atoms with van der Waals surface area (Å²) in [5.41, 5.74) is 0.525.